The van der Waals surface area contributed by atoms with Crippen LogP contribution in [0.3, 0.4) is 0 Å². The Morgan fingerprint density at radius 1 is 1.30 bits per heavy atom. The Morgan fingerprint density at radius 3 is 2.70 bits per heavy atom. The standard InChI is InChI=1S/C15H22O5/c1-11-4-5-14(12(2)16)15(8-11)20-10-13(17)9-19-7-6-18-3/h4-5,8,13,17H,6-7,9-10H2,1-3H3. The van der Waals surface area contributed by atoms with Crippen molar-refractivity contribution in [3.8, 4) is 5.75 Å². The maximum atomic E-state index is 11.5. The molecule has 1 N–H and O–H groups in total. The second kappa shape index (κ2) is 8.68. The third kappa shape index (κ3) is 5.69. The summed E-state index contributed by atoms with van der Waals surface area (Å²) in [5, 5.41) is 9.73. The number of aliphatic hydroxyl groups is 1. The van der Waals surface area contributed by atoms with Gasteiger partial charge in [-0.15, -0.1) is 0 Å². The Morgan fingerprint density at radius 2 is 2.05 bits per heavy atom. The van der Waals surface area contributed by atoms with Crippen LogP contribution in [0.15, 0.2) is 18.2 Å². The van der Waals surface area contributed by atoms with Crippen molar-refractivity contribution in [1.82, 2.24) is 0 Å². The minimum atomic E-state index is -0.743. The molecule has 0 saturated heterocycles. The van der Waals surface area contributed by atoms with Gasteiger partial charge in [0.15, 0.2) is 5.78 Å². The highest BCUT2D eigenvalue weighted by atomic mass is 16.5. The van der Waals surface area contributed by atoms with E-state index in [1.54, 1.807) is 19.2 Å². The van der Waals surface area contributed by atoms with Crippen LogP contribution in [-0.4, -0.2) is 50.5 Å². The summed E-state index contributed by atoms with van der Waals surface area (Å²) in [6.07, 6.45) is -0.743. The summed E-state index contributed by atoms with van der Waals surface area (Å²) in [5.41, 5.74) is 1.51. The zero-order chi connectivity index (χ0) is 15.0. The molecule has 112 valence electrons. The lowest BCUT2D eigenvalue weighted by Gasteiger charge is -2.15. The predicted octanol–water partition coefficient (Wildman–Crippen LogP) is 1.60. The number of Topliss-reactive ketones (excluding diaryl/α,β-unsaturated/α-hetero) is 1. The monoisotopic (exact) mass is 282 g/mol. The molecule has 0 radical (unpaired) electrons. The molecule has 1 aromatic rings. The Bertz CT molecular complexity index is 430. The predicted molar refractivity (Wildman–Crippen MR) is 75.4 cm³/mol. The van der Waals surface area contributed by atoms with Crippen LogP contribution >= 0.6 is 0 Å². The van der Waals surface area contributed by atoms with Crippen molar-refractivity contribution in [3.05, 3.63) is 29.3 Å². The summed E-state index contributed by atoms with van der Waals surface area (Å²) in [4.78, 5) is 11.5. The molecule has 1 unspecified atom stereocenters. The lowest BCUT2D eigenvalue weighted by molar-refractivity contribution is -0.00429. The number of carbonyl (C=O) groups is 1. The van der Waals surface area contributed by atoms with Crippen LogP contribution in [0.25, 0.3) is 0 Å². The number of benzene rings is 1. The minimum Gasteiger partial charge on any atom is -0.490 e. The van der Waals surface area contributed by atoms with Gasteiger partial charge in [0, 0.05) is 7.11 Å². The van der Waals surface area contributed by atoms with Gasteiger partial charge in [-0.3, -0.25) is 4.79 Å². The van der Waals surface area contributed by atoms with Crippen molar-refractivity contribution >= 4 is 5.78 Å². The van der Waals surface area contributed by atoms with Gasteiger partial charge in [-0.1, -0.05) is 6.07 Å². The molecule has 0 spiro atoms. The highest BCUT2D eigenvalue weighted by Gasteiger charge is 2.11. The van der Waals surface area contributed by atoms with E-state index in [0.29, 0.717) is 24.5 Å². The van der Waals surface area contributed by atoms with Crippen LogP contribution in [0.4, 0.5) is 0 Å². The smallest absolute Gasteiger partial charge is 0.163 e. The summed E-state index contributed by atoms with van der Waals surface area (Å²) < 4.78 is 15.6. The molecule has 0 heterocycles. The van der Waals surface area contributed by atoms with Gasteiger partial charge >= 0.3 is 0 Å². The number of aryl methyl sites for hydroxylation is 1. The Balaban J connectivity index is 2.48. The topological polar surface area (TPSA) is 65.0 Å². The average Bonchev–Trinajstić information content (AvgIpc) is 2.41. The zero-order valence-electron chi connectivity index (χ0n) is 12.2. The average molecular weight is 282 g/mol. The Labute approximate surface area is 119 Å². The number of hydrogen-bond donors (Lipinski definition) is 1. The van der Waals surface area contributed by atoms with E-state index in [1.165, 1.54) is 6.92 Å². The van der Waals surface area contributed by atoms with Crippen LogP contribution in [0.1, 0.15) is 22.8 Å². The molecule has 1 rings (SSSR count). The number of ketones is 1. The minimum absolute atomic E-state index is 0.0640. The molecule has 1 atom stereocenters. The van der Waals surface area contributed by atoms with Crippen molar-refractivity contribution in [2.24, 2.45) is 0 Å². The first-order valence-electron chi connectivity index (χ1n) is 6.53. The third-order valence-electron chi connectivity index (χ3n) is 2.69. The number of aliphatic hydroxyl groups excluding tert-OH is 1. The van der Waals surface area contributed by atoms with E-state index >= 15 is 0 Å². The summed E-state index contributed by atoms with van der Waals surface area (Å²) >= 11 is 0. The number of rotatable bonds is 9. The molecule has 0 aromatic heterocycles. The van der Waals surface area contributed by atoms with Gasteiger partial charge < -0.3 is 19.3 Å². The first-order valence-corrected chi connectivity index (χ1v) is 6.53. The normalized spacial score (nSPS) is 12.2. The number of ether oxygens (including phenoxy) is 3. The van der Waals surface area contributed by atoms with Crippen LogP contribution in [0.5, 0.6) is 5.75 Å². The quantitative estimate of drug-likeness (QED) is 0.550. The van der Waals surface area contributed by atoms with E-state index in [0.717, 1.165) is 5.56 Å². The maximum absolute atomic E-state index is 11.5. The van der Waals surface area contributed by atoms with Crippen LogP contribution in [-0.2, 0) is 9.47 Å². The molecule has 20 heavy (non-hydrogen) atoms. The first kappa shape index (κ1) is 16.6. The first-order chi connectivity index (χ1) is 9.54. The Hall–Kier alpha value is -1.43. The van der Waals surface area contributed by atoms with Gasteiger partial charge in [-0.2, -0.15) is 0 Å². The van der Waals surface area contributed by atoms with Crippen molar-refractivity contribution in [2.45, 2.75) is 20.0 Å². The highest BCUT2D eigenvalue weighted by Crippen LogP contribution is 2.21. The second-order valence-corrected chi connectivity index (χ2v) is 4.59. The molecule has 0 fully saturated rings. The molecule has 5 nitrogen and oxygen atoms in total. The van der Waals surface area contributed by atoms with Gasteiger partial charge in [-0.25, -0.2) is 0 Å². The molecular weight excluding hydrogens is 260 g/mol. The van der Waals surface area contributed by atoms with Crippen molar-refractivity contribution in [2.75, 3.05) is 33.5 Å². The van der Waals surface area contributed by atoms with Crippen molar-refractivity contribution in [3.63, 3.8) is 0 Å². The van der Waals surface area contributed by atoms with Crippen LogP contribution in [0, 0.1) is 6.92 Å². The van der Waals surface area contributed by atoms with Gasteiger partial charge in [0.25, 0.3) is 0 Å². The summed E-state index contributed by atoms with van der Waals surface area (Å²) in [6, 6.07) is 5.37. The number of hydrogen-bond acceptors (Lipinski definition) is 5. The third-order valence-corrected chi connectivity index (χ3v) is 2.69. The SMILES string of the molecule is COCCOCC(O)COc1cc(C)ccc1C(C)=O. The fourth-order valence-corrected chi connectivity index (χ4v) is 1.64. The lowest BCUT2D eigenvalue weighted by Crippen LogP contribution is -2.24. The summed E-state index contributed by atoms with van der Waals surface area (Å²) in [5.74, 6) is 0.430. The molecule has 0 amide bonds. The molecule has 0 aliphatic heterocycles. The van der Waals surface area contributed by atoms with Crippen LogP contribution < -0.4 is 4.74 Å². The van der Waals surface area contributed by atoms with E-state index in [2.05, 4.69) is 0 Å². The van der Waals surface area contributed by atoms with Gasteiger partial charge in [0.2, 0.25) is 0 Å². The zero-order valence-corrected chi connectivity index (χ0v) is 12.2. The van der Waals surface area contributed by atoms with E-state index in [1.807, 2.05) is 13.0 Å². The largest absolute Gasteiger partial charge is 0.490 e. The van der Waals surface area contributed by atoms with Gasteiger partial charge in [0.05, 0.1) is 25.4 Å². The van der Waals surface area contributed by atoms with Crippen molar-refractivity contribution < 1.29 is 24.1 Å². The molecule has 0 aliphatic carbocycles. The maximum Gasteiger partial charge on any atom is 0.163 e. The number of methoxy groups -OCH3 is 1. The second-order valence-electron chi connectivity index (χ2n) is 4.59. The fourth-order valence-electron chi connectivity index (χ4n) is 1.64. The van der Waals surface area contributed by atoms with Crippen LogP contribution in [0.2, 0.25) is 0 Å². The fraction of sp³-hybridized carbons (Fsp3) is 0.533. The number of carbonyl (C=O) groups excluding carboxylic acids is 1. The molecule has 0 bridgehead atoms. The molecule has 5 heteroatoms. The molecule has 0 saturated carbocycles. The summed E-state index contributed by atoms with van der Waals surface area (Å²) in [6.45, 7) is 4.57. The van der Waals surface area contributed by atoms with Gasteiger partial charge in [0.1, 0.15) is 18.5 Å². The molecule has 1 aromatic carbocycles. The van der Waals surface area contributed by atoms with E-state index in [9.17, 15) is 9.90 Å². The highest BCUT2D eigenvalue weighted by molar-refractivity contribution is 5.96. The van der Waals surface area contributed by atoms with Crippen molar-refractivity contribution in [1.29, 1.82) is 0 Å². The van der Waals surface area contributed by atoms with E-state index < -0.39 is 6.10 Å². The molecule has 0 aliphatic rings. The lowest BCUT2D eigenvalue weighted by atomic mass is 10.1. The van der Waals surface area contributed by atoms with Gasteiger partial charge in [-0.05, 0) is 31.5 Å². The molecular formula is C15H22O5. The summed E-state index contributed by atoms with van der Waals surface area (Å²) in [7, 11) is 1.59. The van der Waals surface area contributed by atoms with E-state index in [4.69, 9.17) is 14.2 Å². The van der Waals surface area contributed by atoms with E-state index in [-0.39, 0.29) is 19.0 Å². The Kier molecular flexibility index (Phi) is 7.22.